The van der Waals surface area contributed by atoms with E-state index in [-0.39, 0.29) is 48.1 Å². The zero-order valence-electron chi connectivity index (χ0n) is 5.77. The van der Waals surface area contributed by atoms with Crippen molar-refractivity contribution in [3.8, 4) is 0 Å². The van der Waals surface area contributed by atoms with E-state index in [0.29, 0.717) is 0 Å². The van der Waals surface area contributed by atoms with Crippen molar-refractivity contribution in [1.29, 1.82) is 0 Å². The van der Waals surface area contributed by atoms with E-state index in [9.17, 15) is 0 Å². The third-order valence-electron chi connectivity index (χ3n) is 0.500. The van der Waals surface area contributed by atoms with Crippen LogP contribution < -0.4 is 29.6 Å². The Kier molecular flexibility index (Phi) is 41.8. The average molecular weight is 138 g/mol. The summed E-state index contributed by atoms with van der Waals surface area (Å²) in [6, 6.07) is 0. The standard InChI is InChI=1S/C4H10.Fe.Na.H/c1-3-4-2;;;/h3-4H2,1-2H3;;;/q;;+1;-1. The fourth-order valence-electron chi connectivity index (χ4n) is 0. The Morgan fingerprint density at radius 1 is 1.17 bits per heavy atom. The van der Waals surface area contributed by atoms with Crippen LogP contribution in [0.3, 0.4) is 0 Å². The Morgan fingerprint density at radius 3 is 1.33 bits per heavy atom. The van der Waals surface area contributed by atoms with Gasteiger partial charge in [-0.15, -0.1) is 0 Å². The molecule has 0 aliphatic carbocycles. The minimum Gasteiger partial charge on any atom is -1.00 e. The molecular formula is C4H11FeNa. The average Bonchev–Trinajstić information content (AvgIpc) is 1.37. The minimum absolute atomic E-state index is 0. The number of hydrogen-bond donors (Lipinski definition) is 0. The van der Waals surface area contributed by atoms with Gasteiger partial charge in [0.05, 0.1) is 0 Å². The molecule has 6 heavy (non-hydrogen) atoms. The monoisotopic (exact) mass is 138 g/mol. The minimum atomic E-state index is 0. The summed E-state index contributed by atoms with van der Waals surface area (Å²) in [5, 5.41) is 0. The molecule has 0 N–H and O–H groups in total. The van der Waals surface area contributed by atoms with Gasteiger partial charge in [0.1, 0.15) is 0 Å². The molecule has 2 heteroatoms. The van der Waals surface area contributed by atoms with E-state index in [1.165, 1.54) is 12.8 Å². The molecule has 0 saturated carbocycles. The van der Waals surface area contributed by atoms with Gasteiger partial charge in [-0.25, -0.2) is 0 Å². The van der Waals surface area contributed by atoms with Crippen molar-refractivity contribution in [2.45, 2.75) is 26.7 Å². The maximum atomic E-state index is 2.18. The molecule has 0 radical (unpaired) electrons. The first kappa shape index (κ1) is 15.6. The van der Waals surface area contributed by atoms with Crippen molar-refractivity contribution in [3.05, 3.63) is 0 Å². The number of hydrogen-bond acceptors (Lipinski definition) is 0. The summed E-state index contributed by atoms with van der Waals surface area (Å²) in [5.74, 6) is 0. The van der Waals surface area contributed by atoms with Gasteiger partial charge in [-0.1, -0.05) is 26.7 Å². The smallest absolute Gasteiger partial charge is 1.00 e. The SMILES string of the molecule is CCCC.[Fe].[H-].[Na+]. The van der Waals surface area contributed by atoms with Crippen LogP contribution in [0.2, 0.25) is 0 Å². The van der Waals surface area contributed by atoms with Gasteiger partial charge in [0.25, 0.3) is 0 Å². The van der Waals surface area contributed by atoms with Gasteiger partial charge in [0.2, 0.25) is 0 Å². The molecule has 0 aliphatic rings. The summed E-state index contributed by atoms with van der Waals surface area (Å²) in [7, 11) is 0. The molecule has 0 spiro atoms. The Bertz CT molecular complexity index is 13.7. The molecule has 0 fully saturated rings. The molecule has 36 valence electrons. The van der Waals surface area contributed by atoms with E-state index in [1.54, 1.807) is 0 Å². The second-order valence-corrected chi connectivity index (χ2v) is 1.000. The quantitative estimate of drug-likeness (QED) is 0.404. The first-order valence-corrected chi connectivity index (χ1v) is 1.91. The molecule has 0 bridgehead atoms. The van der Waals surface area contributed by atoms with Gasteiger partial charge in [-0.05, 0) is 0 Å². The Hall–Kier alpha value is 1.52. The summed E-state index contributed by atoms with van der Waals surface area (Å²) in [6.07, 6.45) is 2.64. The largest absolute Gasteiger partial charge is 1.00 e. The van der Waals surface area contributed by atoms with E-state index in [1.807, 2.05) is 0 Å². The van der Waals surface area contributed by atoms with Crippen molar-refractivity contribution in [2.24, 2.45) is 0 Å². The van der Waals surface area contributed by atoms with Crippen molar-refractivity contribution in [1.82, 2.24) is 0 Å². The van der Waals surface area contributed by atoms with Crippen LogP contribution in [0.15, 0.2) is 0 Å². The molecule has 0 unspecified atom stereocenters. The molecule has 0 aliphatic heterocycles. The zero-order chi connectivity index (χ0) is 3.41. The molecule has 0 aromatic heterocycles. The van der Waals surface area contributed by atoms with Gasteiger partial charge in [-0.2, -0.15) is 0 Å². The second kappa shape index (κ2) is 16.0. The molecule has 0 rings (SSSR count). The van der Waals surface area contributed by atoms with E-state index < -0.39 is 0 Å². The number of unbranched alkanes of at least 4 members (excludes halogenated alkanes) is 1. The summed E-state index contributed by atoms with van der Waals surface area (Å²) < 4.78 is 0. The maximum Gasteiger partial charge on any atom is 1.00 e. The summed E-state index contributed by atoms with van der Waals surface area (Å²) in [5.41, 5.74) is 0. The van der Waals surface area contributed by atoms with Crippen molar-refractivity contribution >= 4 is 0 Å². The van der Waals surface area contributed by atoms with Crippen molar-refractivity contribution in [3.63, 3.8) is 0 Å². The zero-order valence-corrected chi connectivity index (χ0v) is 7.87. The second-order valence-electron chi connectivity index (χ2n) is 1.000. The molecule has 0 aromatic rings. The van der Waals surface area contributed by atoms with E-state index in [0.717, 1.165) is 0 Å². The van der Waals surface area contributed by atoms with Crippen LogP contribution in [0.25, 0.3) is 0 Å². The van der Waals surface area contributed by atoms with Crippen LogP contribution in [-0.4, -0.2) is 0 Å². The van der Waals surface area contributed by atoms with Crippen LogP contribution in [0, 0.1) is 0 Å². The first-order chi connectivity index (χ1) is 1.91. The summed E-state index contributed by atoms with van der Waals surface area (Å²) in [4.78, 5) is 0. The normalized spacial score (nSPS) is 5.00. The molecule has 0 nitrogen and oxygen atoms in total. The third kappa shape index (κ3) is 17.8. The molecule has 0 heterocycles. The van der Waals surface area contributed by atoms with Crippen molar-refractivity contribution in [2.75, 3.05) is 0 Å². The molecule has 0 saturated heterocycles. The van der Waals surface area contributed by atoms with E-state index >= 15 is 0 Å². The molecule has 0 aromatic carbocycles. The van der Waals surface area contributed by atoms with Gasteiger partial charge in [0, 0.05) is 17.1 Å². The maximum absolute atomic E-state index is 2.18. The molecule has 0 atom stereocenters. The summed E-state index contributed by atoms with van der Waals surface area (Å²) in [6.45, 7) is 4.36. The predicted octanol–water partition coefficient (Wildman–Crippen LogP) is -1.08. The Labute approximate surface area is 74.3 Å². The topological polar surface area (TPSA) is 0 Å². The van der Waals surface area contributed by atoms with Gasteiger partial charge < -0.3 is 1.43 Å². The van der Waals surface area contributed by atoms with Gasteiger partial charge in [-0.3, -0.25) is 0 Å². The van der Waals surface area contributed by atoms with Crippen LogP contribution in [0.4, 0.5) is 0 Å². The Balaban J connectivity index is -0.0000000150. The van der Waals surface area contributed by atoms with Crippen LogP contribution >= 0.6 is 0 Å². The van der Waals surface area contributed by atoms with Crippen molar-refractivity contribution < 1.29 is 48.1 Å². The van der Waals surface area contributed by atoms with E-state index in [4.69, 9.17) is 0 Å². The number of rotatable bonds is 1. The fourth-order valence-corrected chi connectivity index (χ4v) is 0. The summed E-state index contributed by atoms with van der Waals surface area (Å²) >= 11 is 0. The first-order valence-electron chi connectivity index (χ1n) is 1.91. The molecular weight excluding hydrogens is 127 g/mol. The van der Waals surface area contributed by atoms with E-state index in [2.05, 4.69) is 13.8 Å². The van der Waals surface area contributed by atoms with Gasteiger partial charge in [0.15, 0.2) is 0 Å². The van der Waals surface area contributed by atoms with Crippen LogP contribution in [0.5, 0.6) is 0 Å². The fraction of sp³-hybridized carbons (Fsp3) is 1.00. The predicted molar refractivity (Wildman–Crippen MR) is 21.7 cm³/mol. The third-order valence-corrected chi connectivity index (χ3v) is 0.500. The Morgan fingerprint density at radius 2 is 1.33 bits per heavy atom. The molecule has 0 amide bonds. The van der Waals surface area contributed by atoms with Gasteiger partial charge >= 0.3 is 29.6 Å². The van der Waals surface area contributed by atoms with Crippen LogP contribution in [0.1, 0.15) is 28.1 Å². The van der Waals surface area contributed by atoms with Crippen LogP contribution in [-0.2, 0) is 17.1 Å².